The van der Waals surface area contributed by atoms with E-state index in [0.717, 1.165) is 6.42 Å². The van der Waals surface area contributed by atoms with Crippen molar-refractivity contribution in [3.8, 4) is 0 Å². The van der Waals surface area contributed by atoms with Crippen molar-refractivity contribution in [3.05, 3.63) is 0 Å². The molecule has 1 aliphatic heterocycles. The third kappa shape index (κ3) is 1.52. The van der Waals surface area contributed by atoms with Gasteiger partial charge < -0.3 is 4.74 Å². The van der Waals surface area contributed by atoms with Crippen LogP contribution in [0.2, 0.25) is 0 Å². The smallest absolute Gasteiger partial charge is 0.135 e. The lowest BCUT2D eigenvalue weighted by atomic mass is 10.0. The zero-order valence-corrected chi connectivity index (χ0v) is 5.89. The molecule has 0 spiro atoms. The fourth-order valence-corrected chi connectivity index (χ4v) is 1.10. The Morgan fingerprint density at radius 3 is 2.56 bits per heavy atom. The number of hydrogen-bond acceptors (Lipinski definition) is 2. The molecule has 2 atom stereocenters. The Kier molecular flexibility index (Phi) is 1.86. The number of ketones is 1. The van der Waals surface area contributed by atoms with E-state index in [-0.39, 0.29) is 11.7 Å². The number of carbonyl (C=O) groups is 1. The lowest BCUT2D eigenvalue weighted by molar-refractivity contribution is -0.120. The summed E-state index contributed by atoms with van der Waals surface area (Å²) in [5, 5.41) is 0. The Bertz CT molecular complexity index is 120. The zero-order chi connectivity index (χ0) is 6.85. The van der Waals surface area contributed by atoms with E-state index in [4.69, 9.17) is 4.74 Å². The first-order chi connectivity index (χ1) is 4.20. The van der Waals surface area contributed by atoms with Crippen molar-refractivity contribution < 1.29 is 9.53 Å². The minimum Gasteiger partial charge on any atom is -0.378 e. The van der Waals surface area contributed by atoms with Crippen LogP contribution in [0.1, 0.15) is 20.3 Å². The lowest BCUT2D eigenvalue weighted by Crippen LogP contribution is -2.09. The fourth-order valence-electron chi connectivity index (χ4n) is 1.10. The second kappa shape index (κ2) is 2.48. The highest BCUT2D eigenvalue weighted by Gasteiger charge is 2.24. The molecule has 1 fully saturated rings. The number of Topliss-reactive ketones (excluding diaryl/α,β-unsaturated/α-hetero) is 1. The van der Waals surface area contributed by atoms with E-state index in [0.29, 0.717) is 12.7 Å². The maximum atomic E-state index is 10.7. The number of carbonyl (C=O) groups excluding carboxylic acids is 1. The lowest BCUT2D eigenvalue weighted by Gasteiger charge is -1.98. The van der Waals surface area contributed by atoms with Crippen molar-refractivity contribution in [1.82, 2.24) is 0 Å². The Morgan fingerprint density at radius 1 is 1.67 bits per heavy atom. The van der Waals surface area contributed by atoms with Crippen LogP contribution in [-0.2, 0) is 9.53 Å². The molecule has 0 radical (unpaired) electrons. The van der Waals surface area contributed by atoms with Gasteiger partial charge in [0, 0.05) is 5.92 Å². The average Bonchev–Trinajstić information content (AvgIpc) is 2.14. The van der Waals surface area contributed by atoms with E-state index >= 15 is 0 Å². The second-order valence-corrected chi connectivity index (χ2v) is 2.69. The molecule has 0 amide bonds. The average molecular weight is 128 g/mol. The first kappa shape index (κ1) is 6.75. The highest BCUT2D eigenvalue weighted by molar-refractivity contribution is 5.78. The normalized spacial score (nSPS) is 34.9. The van der Waals surface area contributed by atoms with Gasteiger partial charge in [-0.25, -0.2) is 0 Å². The molecule has 1 saturated heterocycles. The largest absolute Gasteiger partial charge is 0.378 e. The van der Waals surface area contributed by atoms with Gasteiger partial charge in [-0.05, 0) is 20.3 Å². The summed E-state index contributed by atoms with van der Waals surface area (Å²) in [6, 6.07) is 0. The van der Waals surface area contributed by atoms with Crippen molar-refractivity contribution >= 4 is 5.78 Å². The van der Waals surface area contributed by atoms with Gasteiger partial charge in [-0.15, -0.1) is 0 Å². The summed E-state index contributed by atoms with van der Waals surface area (Å²) in [6.45, 7) is 4.27. The summed E-state index contributed by atoms with van der Waals surface area (Å²) in [4.78, 5) is 10.7. The van der Waals surface area contributed by atoms with E-state index in [1.54, 1.807) is 6.92 Å². The molecule has 0 aliphatic carbocycles. The van der Waals surface area contributed by atoms with Gasteiger partial charge in [0.15, 0.2) is 0 Å². The monoisotopic (exact) mass is 128 g/mol. The summed E-state index contributed by atoms with van der Waals surface area (Å²) in [5.74, 6) is 0.444. The van der Waals surface area contributed by atoms with Crippen LogP contribution in [0.5, 0.6) is 0 Å². The highest BCUT2D eigenvalue weighted by atomic mass is 16.5. The minimum absolute atomic E-state index is 0.181. The van der Waals surface area contributed by atoms with Gasteiger partial charge in [-0.3, -0.25) is 4.79 Å². The molecule has 1 heterocycles. The number of hydrogen-bond donors (Lipinski definition) is 0. The Labute approximate surface area is 55.2 Å². The van der Waals surface area contributed by atoms with Gasteiger partial charge in [0.1, 0.15) is 5.78 Å². The topological polar surface area (TPSA) is 26.3 Å². The molecule has 0 aromatic rings. The van der Waals surface area contributed by atoms with Crippen LogP contribution in [0.4, 0.5) is 0 Å². The van der Waals surface area contributed by atoms with Crippen molar-refractivity contribution in [2.75, 3.05) is 6.61 Å². The molecule has 0 bridgehead atoms. The van der Waals surface area contributed by atoms with Gasteiger partial charge >= 0.3 is 0 Å². The molecule has 2 heteroatoms. The van der Waals surface area contributed by atoms with E-state index < -0.39 is 0 Å². The minimum atomic E-state index is 0.181. The maximum absolute atomic E-state index is 10.7. The third-order valence-corrected chi connectivity index (χ3v) is 1.77. The Hall–Kier alpha value is -0.370. The summed E-state index contributed by atoms with van der Waals surface area (Å²) >= 11 is 0. The molecule has 0 saturated carbocycles. The van der Waals surface area contributed by atoms with E-state index in [1.807, 2.05) is 6.92 Å². The van der Waals surface area contributed by atoms with Gasteiger partial charge in [0.25, 0.3) is 0 Å². The number of rotatable bonds is 1. The van der Waals surface area contributed by atoms with Crippen LogP contribution in [0.3, 0.4) is 0 Å². The molecule has 2 nitrogen and oxygen atoms in total. The van der Waals surface area contributed by atoms with Crippen molar-refractivity contribution in [3.63, 3.8) is 0 Å². The first-order valence-corrected chi connectivity index (χ1v) is 3.32. The molecule has 0 aromatic carbocycles. The summed E-state index contributed by atoms with van der Waals surface area (Å²) in [7, 11) is 0. The Morgan fingerprint density at radius 2 is 2.33 bits per heavy atom. The molecule has 9 heavy (non-hydrogen) atoms. The highest BCUT2D eigenvalue weighted by Crippen LogP contribution is 2.19. The molecule has 52 valence electrons. The number of ether oxygens (including phenoxy) is 1. The van der Waals surface area contributed by atoms with Gasteiger partial charge in [-0.1, -0.05) is 0 Å². The van der Waals surface area contributed by atoms with Gasteiger partial charge in [0.2, 0.25) is 0 Å². The zero-order valence-electron chi connectivity index (χ0n) is 5.89. The van der Waals surface area contributed by atoms with Crippen molar-refractivity contribution in [2.24, 2.45) is 5.92 Å². The van der Waals surface area contributed by atoms with Crippen LogP contribution in [0.25, 0.3) is 0 Å². The maximum Gasteiger partial charge on any atom is 0.135 e. The SMILES string of the molecule is CC(=O)C1COC(C)C1. The van der Waals surface area contributed by atoms with Crippen LogP contribution in [0.15, 0.2) is 0 Å². The van der Waals surface area contributed by atoms with Crippen molar-refractivity contribution in [2.45, 2.75) is 26.4 Å². The van der Waals surface area contributed by atoms with E-state index in [9.17, 15) is 4.79 Å². The molecule has 1 aliphatic rings. The van der Waals surface area contributed by atoms with Crippen LogP contribution >= 0.6 is 0 Å². The summed E-state index contributed by atoms with van der Waals surface area (Å²) < 4.78 is 5.21. The fraction of sp³-hybridized carbons (Fsp3) is 0.857. The molecular weight excluding hydrogens is 116 g/mol. The third-order valence-electron chi connectivity index (χ3n) is 1.77. The van der Waals surface area contributed by atoms with Gasteiger partial charge in [-0.2, -0.15) is 0 Å². The van der Waals surface area contributed by atoms with Crippen LogP contribution in [-0.4, -0.2) is 18.5 Å². The first-order valence-electron chi connectivity index (χ1n) is 3.32. The summed E-state index contributed by atoms with van der Waals surface area (Å²) in [6.07, 6.45) is 1.20. The molecule has 1 rings (SSSR count). The molecule has 0 aromatic heterocycles. The van der Waals surface area contributed by atoms with Crippen LogP contribution < -0.4 is 0 Å². The van der Waals surface area contributed by atoms with Crippen molar-refractivity contribution in [1.29, 1.82) is 0 Å². The quantitative estimate of drug-likeness (QED) is 0.526. The molecule has 0 N–H and O–H groups in total. The Balaban J connectivity index is 2.39. The van der Waals surface area contributed by atoms with Crippen LogP contribution in [0, 0.1) is 5.92 Å². The van der Waals surface area contributed by atoms with Gasteiger partial charge in [0.05, 0.1) is 12.7 Å². The standard InChI is InChI=1S/C7H12O2/c1-5-3-7(4-9-5)6(2)8/h5,7H,3-4H2,1-2H3. The predicted molar refractivity (Wildman–Crippen MR) is 34.2 cm³/mol. The molecular formula is C7H12O2. The van der Waals surface area contributed by atoms with E-state index in [2.05, 4.69) is 0 Å². The summed E-state index contributed by atoms with van der Waals surface area (Å²) in [5.41, 5.74) is 0. The van der Waals surface area contributed by atoms with E-state index in [1.165, 1.54) is 0 Å². The molecule has 2 unspecified atom stereocenters. The second-order valence-electron chi connectivity index (χ2n) is 2.69. The predicted octanol–water partition coefficient (Wildman–Crippen LogP) is 1.00.